The molecule has 0 aromatic rings. The SMILES string of the molecule is CC#CC.CC#N.CC(C)=C(C)C.CC(C)=O.CN=C(C)C.CN=NC. The fourth-order valence-electron chi connectivity index (χ4n) is 0. The number of rotatable bonds is 0. The summed E-state index contributed by atoms with van der Waals surface area (Å²) < 4.78 is 0. The molecule has 0 saturated carbocycles. The summed E-state index contributed by atoms with van der Waals surface area (Å²) in [5, 5.41) is 14.0. The highest BCUT2D eigenvalue weighted by Gasteiger charge is 1.75. The first-order valence-corrected chi connectivity index (χ1v) is 8.19. The number of Topliss-reactive ketones (excluding diaryl/α,β-unsaturated/α-hetero) is 1. The monoisotopic (exact) mass is 366 g/mol. The van der Waals surface area contributed by atoms with Crippen molar-refractivity contribution in [2.75, 3.05) is 21.1 Å². The third-order valence-electron chi connectivity index (χ3n) is 1.90. The Bertz CT molecular complexity index is 434. The van der Waals surface area contributed by atoms with E-state index in [2.05, 4.69) is 54.8 Å². The second-order valence-corrected chi connectivity index (χ2v) is 5.20. The molecule has 0 amide bonds. The predicted molar refractivity (Wildman–Crippen MR) is 118 cm³/mol. The second kappa shape index (κ2) is 43.4. The van der Waals surface area contributed by atoms with Crippen LogP contribution in [-0.2, 0) is 4.79 Å². The van der Waals surface area contributed by atoms with Gasteiger partial charge >= 0.3 is 0 Å². The molecular weight excluding hydrogens is 324 g/mol. The molecule has 0 radical (unpaired) electrons. The van der Waals surface area contributed by atoms with Crippen LogP contribution in [0.3, 0.4) is 0 Å². The number of nitriles is 1. The summed E-state index contributed by atoms with van der Waals surface area (Å²) in [6.45, 7) is 20.6. The van der Waals surface area contributed by atoms with Crippen LogP contribution in [0.1, 0.15) is 76.2 Å². The number of allylic oxidation sites excluding steroid dienone is 2. The normalized spacial score (nSPS) is 6.50. The van der Waals surface area contributed by atoms with Crippen LogP contribution in [-0.4, -0.2) is 32.6 Å². The smallest absolute Gasteiger partial charge is 0.126 e. The van der Waals surface area contributed by atoms with E-state index in [-0.39, 0.29) is 5.78 Å². The number of azo groups is 1. The Morgan fingerprint density at radius 1 is 0.692 bits per heavy atom. The third-order valence-corrected chi connectivity index (χ3v) is 1.90. The van der Waals surface area contributed by atoms with Crippen LogP contribution in [0.25, 0.3) is 0 Å². The molecule has 0 aromatic heterocycles. The molecule has 0 atom stereocenters. The minimum atomic E-state index is 0.167. The van der Waals surface area contributed by atoms with Crippen LogP contribution in [0.2, 0.25) is 0 Å². The lowest BCUT2D eigenvalue weighted by atomic mass is 10.2. The molecule has 0 aliphatic rings. The molecule has 0 rings (SSSR count). The van der Waals surface area contributed by atoms with E-state index in [1.807, 2.05) is 27.7 Å². The quantitative estimate of drug-likeness (QED) is 0.218. The maximum absolute atomic E-state index is 9.44. The van der Waals surface area contributed by atoms with E-state index in [0.29, 0.717) is 0 Å². The highest BCUT2D eigenvalue weighted by molar-refractivity contribution is 5.78. The fourth-order valence-corrected chi connectivity index (χ4v) is 0. The molecule has 0 aromatic carbocycles. The summed E-state index contributed by atoms with van der Waals surface area (Å²) in [6, 6.07) is 1.75. The molecule has 0 spiro atoms. The van der Waals surface area contributed by atoms with Gasteiger partial charge in [-0.15, -0.1) is 11.8 Å². The summed E-state index contributed by atoms with van der Waals surface area (Å²) >= 11 is 0. The van der Waals surface area contributed by atoms with Gasteiger partial charge < -0.3 is 4.79 Å². The number of nitrogens with zero attached hydrogens (tertiary/aromatic N) is 4. The molecule has 0 heterocycles. The number of aliphatic imine (C=N–C) groups is 1. The molecule has 5 heteroatoms. The Kier molecular flexibility index (Phi) is 65.1. The predicted octanol–water partition coefficient (Wildman–Crippen LogP) is 6.31. The molecule has 0 aliphatic carbocycles. The number of ketones is 1. The lowest BCUT2D eigenvalue weighted by Gasteiger charge is -1.88. The van der Waals surface area contributed by atoms with Crippen molar-refractivity contribution < 1.29 is 4.79 Å². The van der Waals surface area contributed by atoms with Crippen molar-refractivity contribution in [3.63, 3.8) is 0 Å². The summed E-state index contributed by atoms with van der Waals surface area (Å²) in [7, 11) is 5.06. The summed E-state index contributed by atoms with van der Waals surface area (Å²) in [4.78, 5) is 13.2. The van der Waals surface area contributed by atoms with Crippen LogP contribution < -0.4 is 0 Å². The maximum Gasteiger partial charge on any atom is 0.126 e. The average molecular weight is 367 g/mol. The zero-order valence-electron chi connectivity index (χ0n) is 19.7. The standard InChI is InChI=1S/C6H12.C4H9N.C4H6.C3H6O.C2H6N2.C2H3N/c1-5(2)6(3)4;1-4(2)5-3;1-3-4-2;1-3(2)4;1-3-4-2;1-2-3/h1-4H3;1-3H3;3*1-2H3;1H3. The molecule has 0 fully saturated rings. The van der Waals surface area contributed by atoms with E-state index < -0.39 is 0 Å². The van der Waals surface area contributed by atoms with Crippen molar-refractivity contribution in [1.29, 1.82) is 5.26 Å². The van der Waals surface area contributed by atoms with Crippen molar-refractivity contribution in [3.8, 4) is 17.9 Å². The molecular formula is C21H42N4O. The van der Waals surface area contributed by atoms with Gasteiger partial charge in [0.2, 0.25) is 0 Å². The van der Waals surface area contributed by atoms with Gasteiger partial charge in [-0.3, -0.25) is 4.99 Å². The molecule has 0 N–H and O–H groups in total. The van der Waals surface area contributed by atoms with Crippen molar-refractivity contribution >= 4 is 11.5 Å². The zero-order valence-corrected chi connectivity index (χ0v) is 19.7. The van der Waals surface area contributed by atoms with Crippen LogP contribution in [0, 0.1) is 23.2 Å². The summed E-state index contributed by atoms with van der Waals surface area (Å²) in [5.74, 6) is 5.53. The fraction of sp³-hybridized carbons (Fsp3) is 0.667. The van der Waals surface area contributed by atoms with Gasteiger partial charge in [0.25, 0.3) is 0 Å². The van der Waals surface area contributed by atoms with Crippen LogP contribution in [0.4, 0.5) is 0 Å². The number of hydrogen-bond donors (Lipinski definition) is 0. The van der Waals surface area contributed by atoms with Gasteiger partial charge in [0.1, 0.15) is 5.78 Å². The minimum Gasteiger partial charge on any atom is -0.300 e. The third kappa shape index (κ3) is 284. The van der Waals surface area contributed by atoms with Gasteiger partial charge in [0.05, 0.1) is 6.07 Å². The van der Waals surface area contributed by atoms with Crippen molar-refractivity contribution in [2.24, 2.45) is 15.2 Å². The van der Waals surface area contributed by atoms with E-state index in [4.69, 9.17) is 5.26 Å². The molecule has 0 saturated heterocycles. The maximum atomic E-state index is 9.44. The van der Waals surface area contributed by atoms with E-state index >= 15 is 0 Å². The summed E-state index contributed by atoms with van der Waals surface area (Å²) in [5.41, 5.74) is 3.98. The first-order valence-electron chi connectivity index (χ1n) is 8.19. The van der Waals surface area contributed by atoms with Crippen molar-refractivity contribution in [3.05, 3.63) is 11.1 Å². The van der Waals surface area contributed by atoms with Gasteiger partial charge in [-0.1, -0.05) is 11.1 Å². The highest BCUT2D eigenvalue weighted by Crippen LogP contribution is 1.96. The Balaban J connectivity index is -0.0000000468. The van der Waals surface area contributed by atoms with E-state index in [1.165, 1.54) is 31.9 Å². The Morgan fingerprint density at radius 3 is 0.846 bits per heavy atom. The van der Waals surface area contributed by atoms with Crippen molar-refractivity contribution in [1.82, 2.24) is 0 Å². The largest absolute Gasteiger partial charge is 0.300 e. The van der Waals surface area contributed by atoms with Gasteiger partial charge in [-0.05, 0) is 69.2 Å². The van der Waals surface area contributed by atoms with Gasteiger partial charge in [-0.2, -0.15) is 15.5 Å². The van der Waals surface area contributed by atoms with Gasteiger partial charge in [0, 0.05) is 33.8 Å². The molecule has 0 unspecified atom stereocenters. The first kappa shape index (κ1) is 39.0. The Morgan fingerprint density at radius 2 is 0.846 bits per heavy atom. The lowest BCUT2D eigenvalue weighted by Crippen LogP contribution is -1.74. The van der Waals surface area contributed by atoms with Crippen LogP contribution in [0.15, 0.2) is 26.4 Å². The number of hydrogen-bond acceptors (Lipinski definition) is 5. The van der Waals surface area contributed by atoms with Gasteiger partial charge in [0.15, 0.2) is 0 Å². The first-order chi connectivity index (χ1) is 11.9. The van der Waals surface area contributed by atoms with Crippen LogP contribution in [0.5, 0.6) is 0 Å². The summed E-state index contributed by atoms with van der Waals surface area (Å²) in [6.07, 6.45) is 0. The molecule has 26 heavy (non-hydrogen) atoms. The van der Waals surface area contributed by atoms with Crippen molar-refractivity contribution in [2.45, 2.75) is 76.2 Å². The molecule has 0 bridgehead atoms. The molecule has 5 nitrogen and oxygen atoms in total. The number of carbonyl (C=O) groups excluding carboxylic acids is 1. The Labute approximate surface area is 163 Å². The lowest BCUT2D eigenvalue weighted by molar-refractivity contribution is -0.114. The topological polar surface area (TPSA) is 77.9 Å². The van der Waals surface area contributed by atoms with E-state index in [1.54, 1.807) is 27.2 Å². The van der Waals surface area contributed by atoms with E-state index in [0.717, 1.165) is 5.71 Å². The highest BCUT2D eigenvalue weighted by atomic mass is 16.1. The number of carbonyl (C=O) groups is 1. The molecule has 152 valence electrons. The van der Waals surface area contributed by atoms with Gasteiger partial charge in [-0.25, -0.2) is 0 Å². The van der Waals surface area contributed by atoms with E-state index in [9.17, 15) is 4.79 Å². The van der Waals surface area contributed by atoms with Crippen LogP contribution >= 0.6 is 0 Å². The minimum absolute atomic E-state index is 0.167. The average Bonchev–Trinajstić information content (AvgIpc) is 2.55. The zero-order chi connectivity index (χ0) is 22.6. The molecule has 0 aliphatic heterocycles. The Hall–Kier alpha value is -2.27. The second-order valence-electron chi connectivity index (χ2n) is 5.20.